The van der Waals surface area contributed by atoms with E-state index in [2.05, 4.69) is 4.99 Å². The van der Waals surface area contributed by atoms with Crippen LogP contribution in [0.25, 0.3) is 11.3 Å². The van der Waals surface area contributed by atoms with Crippen molar-refractivity contribution in [2.75, 3.05) is 0 Å². The van der Waals surface area contributed by atoms with Crippen LogP contribution in [0.5, 0.6) is 0 Å². The van der Waals surface area contributed by atoms with E-state index in [4.69, 9.17) is 20.8 Å². The van der Waals surface area contributed by atoms with Crippen LogP contribution in [0.15, 0.2) is 100 Å². The average molecular weight is 416 g/mol. The minimum absolute atomic E-state index is 0.115. The lowest BCUT2D eigenvalue weighted by atomic mass is 10.1. The first-order valence-electron chi connectivity index (χ1n) is 9.39. The Morgan fingerprint density at radius 1 is 0.933 bits per heavy atom. The molecule has 0 spiro atoms. The fourth-order valence-corrected chi connectivity index (χ4v) is 3.06. The molecule has 0 fully saturated rings. The van der Waals surface area contributed by atoms with Gasteiger partial charge in [0.25, 0.3) is 0 Å². The highest BCUT2D eigenvalue weighted by Crippen LogP contribution is 2.24. The number of ether oxygens (including phenoxy) is 1. The van der Waals surface area contributed by atoms with Gasteiger partial charge in [-0.25, -0.2) is 4.79 Å². The fourth-order valence-electron chi connectivity index (χ4n) is 2.87. The standard InChI is InChI=1S/C25H18ClNO3/c26-23-12-5-4-7-20(23)17-29-25(28)19-9-6-8-18(15-19)24-14-13-22(30-24)16-27-21-10-2-1-3-11-21/h1-16H,17H2. The second kappa shape index (κ2) is 9.25. The van der Waals surface area contributed by atoms with Gasteiger partial charge >= 0.3 is 5.97 Å². The Labute approximate surface area is 179 Å². The summed E-state index contributed by atoms with van der Waals surface area (Å²) < 4.78 is 11.3. The number of nitrogens with zero attached hydrogens (tertiary/aromatic N) is 1. The first-order chi connectivity index (χ1) is 14.7. The third kappa shape index (κ3) is 4.85. The molecule has 5 heteroatoms. The molecule has 0 aliphatic heterocycles. The van der Waals surface area contributed by atoms with Gasteiger partial charge in [-0.1, -0.05) is 60.1 Å². The molecule has 0 bridgehead atoms. The summed E-state index contributed by atoms with van der Waals surface area (Å²) in [6.07, 6.45) is 1.67. The molecule has 4 rings (SSSR count). The van der Waals surface area contributed by atoms with Crippen molar-refractivity contribution in [2.45, 2.75) is 6.61 Å². The summed E-state index contributed by atoms with van der Waals surface area (Å²) in [6, 6.07) is 27.7. The van der Waals surface area contributed by atoms with Gasteiger partial charge in [0.2, 0.25) is 0 Å². The molecular formula is C25H18ClNO3. The van der Waals surface area contributed by atoms with Crippen molar-refractivity contribution >= 4 is 29.5 Å². The molecular weight excluding hydrogens is 398 g/mol. The monoisotopic (exact) mass is 415 g/mol. The zero-order valence-electron chi connectivity index (χ0n) is 16.0. The Balaban J connectivity index is 1.45. The fraction of sp³-hybridized carbons (Fsp3) is 0.0400. The van der Waals surface area contributed by atoms with E-state index in [1.54, 1.807) is 30.5 Å². The molecule has 4 aromatic rings. The lowest BCUT2D eigenvalue weighted by molar-refractivity contribution is 0.0473. The largest absolute Gasteiger partial charge is 0.457 e. The molecule has 0 amide bonds. The molecule has 0 unspecified atom stereocenters. The maximum absolute atomic E-state index is 12.5. The minimum Gasteiger partial charge on any atom is -0.457 e. The lowest BCUT2D eigenvalue weighted by Crippen LogP contribution is -2.05. The summed E-state index contributed by atoms with van der Waals surface area (Å²) in [5.41, 5.74) is 2.83. The van der Waals surface area contributed by atoms with E-state index >= 15 is 0 Å². The Bertz CT molecular complexity index is 1180. The molecule has 3 aromatic carbocycles. The molecule has 30 heavy (non-hydrogen) atoms. The van der Waals surface area contributed by atoms with Gasteiger partial charge < -0.3 is 9.15 Å². The first-order valence-corrected chi connectivity index (χ1v) is 9.77. The van der Waals surface area contributed by atoms with Crippen LogP contribution in [0, 0.1) is 0 Å². The highest BCUT2D eigenvalue weighted by molar-refractivity contribution is 6.31. The van der Waals surface area contributed by atoms with E-state index in [0.29, 0.717) is 22.1 Å². The van der Waals surface area contributed by atoms with Crippen LogP contribution in [-0.4, -0.2) is 12.2 Å². The van der Waals surface area contributed by atoms with Crippen molar-refractivity contribution in [3.05, 3.63) is 113 Å². The molecule has 0 N–H and O–H groups in total. The van der Waals surface area contributed by atoms with Crippen LogP contribution in [0.2, 0.25) is 5.02 Å². The minimum atomic E-state index is -0.422. The first kappa shape index (κ1) is 19.7. The highest BCUT2D eigenvalue weighted by atomic mass is 35.5. The summed E-state index contributed by atoms with van der Waals surface area (Å²) in [7, 11) is 0. The Morgan fingerprint density at radius 2 is 1.73 bits per heavy atom. The zero-order chi connectivity index (χ0) is 20.8. The number of benzene rings is 3. The predicted molar refractivity (Wildman–Crippen MR) is 118 cm³/mol. The van der Waals surface area contributed by atoms with Gasteiger partial charge in [-0.2, -0.15) is 0 Å². The molecule has 0 saturated carbocycles. The number of carbonyl (C=O) groups is 1. The van der Waals surface area contributed by atoms with Crippen LogP contribution >= 0.6 is 11.6 Å². The summed E-state index contributed by atoms with van der Waals surface area (Å²) in [4.78, 5) is 16.8. The quantitative estimate of drug-likeness (QED) is 0.260. The lowest BCUT2D eigenvalue weighted by Gasteiger charge is -2.07. The van der Waals surface area contributed by atoms with Gasteiger partial charge in [-0.05, 0) is 42.5 Å². The van der Waals surface area contributed by atoms with E-state index < -0.39 is 5.97 Å². The van der Waals surface area contributed by atoms with Crippen molar-refractivity contribution in [3.63, 3.8) is 0 Å². The number of hydrogen-bond acceptors (Lipinski definition) is 4. The maximum Gasteiger partial charge on any atom is 0.338 e. The van der Waals surface area contributed by atoms with Crippen LogP contribution in [-0.2, 0) is 11.3 Å². The summed E-state index contributed by atoms with van der Waals surface area (Å²) >= 11 is 6.11. The smallest absolute Gasteiger partial charge is 0.338 e. The van der Waals surface area contributed by atoms with Gasteiger partial charge in [0.15, 0.2) is 0 Å². The van der Waals surface area contributed by atoms with Crippen LogP contribution in [0.3, 0.4) is 0 Å². The molecule has 1 aromatic heterocycles. The predicted octanol–water partition coefficient (Wildman–Crippen LogP) is 6.71. The van der Waals surface area contributed by atoms with Crippen LogP contribution in [0.1, 0.15) is 21.7 Å². The molecule has 0 aliphatic carbocycles. The normalized spacial score (nSPS) is 11.0. The second-order valence-electron chi connectivity index (χ2n) is 6.54. The summed E-state index contributed by atoms with van der Waals surface area (Å²) in [5.74, 6) is 0.847. The second-order valence-corrected chi connectivity index (χ2v) is 6.95. The zero-order valence-corrected chi connectivity index (χ0v) is 16.8. The van der Waals surface area contributed by atoms with Crippen molar-refractivity contribution in [2.24, 2.45) is 4.99 Å². The van der Waals surface area contributed by atoms with Gasteiger partial charge in [0.05, 0.1) is 17.5 Å². The SMILES string of the molecule is O=C(OCc1ccccc1Cl)c1cccc(-c2ccc(C=Nc3ccccc3)o2)c1. The number of aliphatic imine (C=N–C) groups is 1. The van der Waals surface area contributed by atoms with Crippen molar-refractivity contribution in [3.8, 4) is 11.3 Å². The third-order valence-electron chi connectivity index (χ3n) is 4.42. The molecule has 0 aliphatic rings. The molecule has 0 radical (unpaired) electrons. The number of halogens is 1. The van der Waals surface area contributed by atoms with Gasteiger partial charge in [-0.3, -0.25) is 4.99 Å². The average Bonchev–Trinajstić information content (AvgIpc) is 3.27. The third-order valence-corrected chi connectivity index (χ3v) is 4.79. The number of esters is 1. The highest BCUT2D eigenvalue weighted by Gasteiger charge is 2.11. The Hall–Kier alpha value is -3.63. The van der Waals surface area contributed by atoms with E-state index in [1.807, 2.05) is 66.7 Å². The van der Waals surface area contributed by atoms with Crippen LogP contribution in [0.4, 0.5) is 5.69 Å². The van der Waals surface area contributed by atoms with Gasteiger partial charge in [0, 0.05) is 16.1 Å². The number of rotatable bonds is 6. The number of furan rings is 1. The Morgan fingerprint density at radius 3 is 2.57 bits per heavy atom. The van der Waals surface area contributed by atoms with E-state index in [-0.39, 0.29) is 6.61 Å². The molecule has 1 heterocycles. The van der Waals surface area contributed by atoms with Crippen molar-refractivity contribution in [1.29, 1.82) is 0 Å². The van der Waals surface area contributed by atoms with E-state index in [9.17, 15) is 4.79 Å². The Kier molecular flexibility index (Phi) is 6.06. The van der Waals surface area contributed by atoms with E-state index in [1.165, 1.54) is 0 Å². The summed E-state index contributed by atoms with van der Waals surface area (Å²) in [6.45, 7) is 0.115. The number of hydrogen-bond donors (Lipinski definition) is 0. The molecule has 0 saturated heterocycles. The number of para-hydroxylation sites is 1. The summed E-state index contributed by atoms with van der Waals surface area (Å²) in [5, 5.41) is 0.569. The molecule has 0 atom stereocenters. The maximum atomic E-state index is 12.5. The topological polar surface area (TPSA) is 51.8 Å². The van der Waals surface area contributed by atoms with Crippen LogP contribution < -0.4 is 0 Å². The van der Waals surface area contributed by atoms with E-state index in [0.717, 1.165) is 16.8 Å². The van der Waals surface area contributed by atoms with Gasteiger partial charge in [0.1, 0.15) is 18.1 Å². The molecule has 4 nitrogen and oxygen atoms in total. The van der Waals surface area contributed by atoms with Crippen molar-refractivity contribution in [1.82, 2.24) is 0 Å². The van der Waals surface area contributed by atoms with Crippen molar-refractivity contribution < 1.29 is 13.9 Å². The molecule has 148 valence electrons. The van der Waals surface area contributed by atoms with Gasteiger partial charge in [-0.15, -0.1) is 0 Å². The number of carbonyl (C=O) groups excluding carboxylic acids is 1.